The van der Waals surface area contributed by atoms with Gasteiger partial charge >= 0.3 is 0 Å². The first-order chi connectivity index (χ1) is 8.52. The Hall–Kier alpha value is -0.870. The van der Waals surface area contributed by atoms with Crippen molar-refractivity contribution in [1.29, 1.82) is 0 Å². The summed E-state index contributed by atoms with van der Waals surface area (Å²) in [5.74, 6) is 0.229. The number of aliphatic hydroxyl groups excluding tert-OH is 1. The predicted molar refractivity (Wildman–Crippen MR) is 76.3 cm³/mol. The fourth-order valence-corrected chi connectivity index (χ4v) is 2.10. The number of hydrogen-bond acceptors (Lipinski definition) is 2. The molecule has 1 rings (SSSR count). The molecule has 0 fully saturated rings. The average molecular weight is 314 g/mol. The van der Waals surface area contributed by atoms with Gasteiger partial charge in [-0.05, 0) is 30.0 Å². The van der Waals surface area contributed by atoms with E-state index in [9.17, 15) is 4.79 Å². The van der Waals surface area contributed by atoms with Gasteiger partial charge in [0.2, 0.25) is 5.91 Å². The van der Waals surface area contributed by atoms with E-state index >= 15 is 0 Å². The Morgan fingerprint density at radius 2 is 2.17 bits per heavy atom. The van der Waals surface area contributed by atoms with Crippen LogP contribution in [0.5, 0.6) is 0 Å². The van der Waals surface area contributed by atoms with Gasteiger partial charge in [0.25, 0.3) is 0 Å². The Balaban J connectivity index is 2.41. The van der Waals surface area contributed by atoms with Gasteiger partial charge in [-0.3, -0.25) is 4.79 Å². The highest BCUT2D eigenvalue weighted by Crippen LogP contribution is 2.13. The number of amides is 1. The fraction of sp³-hybridized carbons (Fsp3) is 0.500. The summed E-state index contributed by atoms with van der Waals surface area (Å²) in [4.78, 5) is 11.7. The van der Waals surface area contributed by atoms with E-state index in [-0.39, 0.29) is 24.5 Å². The van der Waals surface area contributed by atoms with Crippen LogP contribution in [0.1, 0.15) is 25.8 Å². The highest BCUT2D eigenvalue weighted by molar-refractivity contribution is 9.10. The van der Waals surface area contributed by atoms with Crippen molar-refractivity contribution < 1.29 is 9.90 Å². The van der Waals surface area contributed by atoms with E-state index in [0.717, 1.165) is 10.0 Å². The van der Waals surface area contributed by atoms with Gasteiger partial charge in [-0.2, -0.15) is 0 Å². The standard InChI is InChI=1S/C14H20BrNO2/c1-10(2)13(9-17)16-14(18)7-6-11-4-3-5-12(15)8-11/h3-5,8,10,13,17H,6-7,9H2,1-2H3,(H,16,18)/t13-/m1/s1. The molecular weight excluding hydrogens is 294 g/mol. The van der Waals surface area contributed by atoms with Gasteiger partial charge in [-0.15, -0.1) is 0 Å². The minimum absolute atomic E-state index is 0.0114. The van der Waals surface area contributed by atoms with Crippen molar-refractivity contribution in [2.24, 2.45) is 5.92 Å². The number of carbonyl (C=O) groups excluding carboxylic acids is 1. The van der Waals surface area contributed by atoms with E-state index in [4.69, 9.17) is 5.11 Å². The van der Waals surface area contributed by atoms with Crippen LogP contribution in [0.4, 0.5) is 0 Å². The van der Waals surface area contributed by atoms with Crippen LogP contribution in [-0.4, -0.2) is 23.7 Å². The lowest BCUT2D eigenvalue weighted by Crippen LogP contribution is -2.41. The molecule has 0 bridgehead atoms. The maximum absolute atomic E-state index is 11.7. The molecule has 0 saturated heterocycles. The highest BCUT2D eigenvalue weighted by Gasteiger charge is 2.14. The third-order valence-electron chi connectivity index (χ3n) is 2.88. The summed E-state index contributed by atoms with van der Waals surface area (Å²) in [6, 6.07) is 7.79. The summed E-state index contributed by atoms with van der Waals surface area (Å²) in [5, 5.41) is 12.0. The van der Waals surface area contributed by atoms with Crippen molar-refractivity contribution in [3.63, 3.8) is 0 Å². The van der Waals surface area contributed by atoms with E-state index in [1.54, 1.807) is 0 Å². The van der Waals surface area contributed by atoms with Crippen LogP contribution in [0, 0.1) is 5.92 Å². The minimum atomic E-state index is -0.153. The van der Waals surface area contributed by atoms with E-state index in [1.807, 2.05) is 38.1 Å². The topological polar surface area (TPSA) is 49.3 Å². The van der Waals surface area contributed by atoms with Gasteiger partial charge in [0.1, 0.15) is 0 Å². The number of benzene rings is 1. The smallest absolute Gasteiger partial charge is 0.220 e. The van der Waals surface area contributed by atoms with Crippen LogP contribution < -0.4 is 5.32 Å². The zero-order valence-electron chi connectivity index (χ0n) is 10.8. The highest BCUT2D eigenvalue weighted by atomic mass is 79.9. The SMILES string of the molecule is CC(C)[C@@H](CO)NC(=O)CCc1cccc(Br)c1. The number of halogens is 1. The molecule has 3 nitrogen and oxygen atoms in total. The summed E-state index contributed by atoms with van der Waals surface area (Å²) in [7, 11) is 0. The van der Waals surface area contributed by atoms with E-state index < -0.39 is 0 Å². The molecule has 1 atom stereocenters. The second kappa shape index (κ2) is 7.54. The first-order valence-electron chi connectivity index (χ1n) is 6.17. The van der Waals surface area contributed by atoms with E-state index in [2.05, 4.69) is 21.2 Å². The van der Waals surface area contributed by atoms with Crippen molar-refractivity contribution in [3.05, 3.63) is 34.3 Å². The Kier molecular flexibility index (Phi) is 6.36. The molecular formula is C14H20BrNO2. The third kappa shape index (κ3) is 5.19. The molecule has 0 heterocycles. The quantitative estimate of drug-likeness (QED) is 0.848. The molecule has 0 aliphatic rings. The lowest BCUT2D eigenvalue weighted by atomic mass is 10.0. The van der Waals surface area contributed by atoms with Crippen molar-refractivity contribution >= 4 is 21.8 Å². The summed E-state index contributed by atoms with van der Waals surface area (Å²) >= 11 is 3.41. The maximum atomic E-state index is 11.7. The van der Waals surface area contributed by atoms with Crippen LogP contribution in [0.3, 0.4) is 0 Å². The van der Waals surface area contributed by atoms with Crippen LogP contribution in [0.15, 0.2) is 28.7 Å². The summed E-state index contributed by atoms with van der Waals surface area (Å²) in [6.07, 6.45) is 1.15. The number of hydrogen-bond donors (Lipinski definition) is 2. The molecule has 100 valence electrons. The monoisotopic (exact) mass is 313 g/mol. The second-order valence-electron chi connectivity index (χ2n) is 4.73. The molecule has 0 aromatic heterocycles. The first-order valence-corrected chi connectivity index (χ1v) is 6.97. The van der Waals surface area contributed by atoms with Crippen molar-refractivity contribution in [1.82, 2.24) is 5.32 Å². The van der Waals surface area contributed by atoms with Crippen LogP contribution in [0.25, 0.3) is 0 Å². The van der Waals surface area contributed by atoms with Crippen LogP contribution >= 0.6 is 15.9 Å². The van der Waals surface area contributed by atoms with Gasteiger partial charge in [-0.25, -0.2) is 0 Å². The van der Waals surface area contributed by atoms with Gasteiger partial charge < -0.3 is 10.4 Å². The molecule has 4 heteroatoms. The molecule has 0 unspecified atom stereocenters. The predicted octanol–water partition coefficient (Wildman–Crippen LogP) is 2.51. The summed E-state index contributed by atoms with van der Waals surface area (Å²) < 4.78 is 1.02. The summed E-state index contributed by atoms with van der Waals surface area (Å²) in [6.45, 7) is 3.95. The largest absolute Gasteiger partial charge is 0.394 e. The van der Waals surface area contributed by atoms with Crippen LogP contribution in [-0.2, 0) is 11.2 Å². The zero-order valence-corrected chi connectivity index (χ0v) is 12.4. The average Bonchev–Trinajstić information content (AvgIpc) is 2.33. The molecule has 1 aromatic rings. The molecule has 0 saturated carbocycles. The molecule has 0 radical (unpaired) electrons. The maximum Gasteiger partial charge on any atom is 0.220 e. The number of aliphatic hydroxyl groups is 1. The molecule has 0 aliphatic heterocycles. The van der Waals surface area contributed by atoms with Gasteiger partial charge in [0.15, 0.2) is 0 Å². The summed E-state index contributed by atoms with van der Waals surface area (Å²) in [5.41, 5.74) is 1.13. The van der Waals surface area contributed by atoms with Crippen molar-refractivity contribution in [2.75, 3.05) is 6.61 Å². The first kappa shape index (κ1) is 15.2. The lowest BCUT2D eigenvalue weighted by molar-refractivity contribution is -0.122. The molecule has 0 aliphatic carbocycles. The lowest BCUT2D eigenvalue weighted by Gasteiger charge is -2.19. The Labute approximate surface area is 117 Å². The van der Waals surface area contributed by atoms with Gasteiger partial charge in [0, 0.05) is 10.9 Å². The van der Waals surface area contributed by atoms with Crippen molar-refractivity contribution in [3.8, 4) is 0 Å². The number of rotatable bonds is 6. The van der Waals surface area contributed by atoms with Crippen LogP contribution in [0.2, 0.25) is 0 Å². The molecule has 0 spiro atoms. The zero-order chi connectivity index (χ0) is 13.5. The van der Waals surface area contributed by atoms with E-state index in [1.165, 1.54) is 0 Å². The number of carbonyl (C=O) groups is 1. The van der Waals surface area contributed by atoms with Gasteiger partial charge in [-0.1, -0.05) is 41.9 Å². The second-order valence-corrected chi connectivity index (χ2v) is 5.65. The Morgan fingerprint density at radius 3 is 2.72 bits per heavy atom. The number of nitrogens with one attached hydrogen (secondary N) is 1. The fourth-order valence-electron chi connectivity index (χ4n) is 1.65. The molecule has 2 N–H and O–H groups in total. The molecule has 18 heavy (non-hydrogen) atoms. The normalized spacial score (nSPS) is 12.5. The molecule has 1 aromatic carbocycles. The molecule has 1 amide bonds. The number of aryl methyl sites for hydroxylation is 1. The Morgan fingerprint density at radius 1 is 1.44 bits per heavy atom. The van der Waals surface area contributed by atoms with Crippen molar-refractivity contribution in [2.45, 2.75) is 32.7 Å². The Bertz CT molecular complexity index is 393. The minimum Gasteiger partial charge on any atom is -0.394 e. The third-order valence-corrected chi connectivity index (χ3v) is 3.37. The van der Waals surface area contributed by atoms with E-state index in [0.29, 0.717) is 12.8 Å². The van der Waals surface area contributed by atoms with Gasteiger partial charge in [0.05, 0.1) is 12.6 Å².